The summed E-state index contributed by atoms with van der Waals surface area (Å²) in [5, 5.41) is 3.34. The SMILES string of the molecule is CCCOc1ccccc1C1C(C(=O)OCCSCC)=C(C)NC2=C1C(=O)CCC2. The van der Waals surface area contributed by atoms with E-state index in [1.54, 1.807) is 11.8 Å². The quantitative estimate of drug-likeness (QED) is 0.452. The van der Waals surface area contributed by atoms with Gasteiger partial charge in [-0.3, -0.25) is 4.79 Å². The standard InChI is InChI=1S/C24H31NO4S/c1-4-13-28-20-12-7-6-9-17(20)22-21(24(27)29-14-15-30-5-2)16(3)25-18-10-8-11-19(26)23(18)22/h6-7,9,12,22,25H,4-5,8,10-11,13-15H2,1-3H3. The van der Waals surface area contributed by atoms with Crippen LogP contribution >= 0.6 is 11.8 Å². The van der Waals surface area contributed by atoms with Gasteiger partial charge in [0.1, 0.15) is 12.4 Å². The van der Waals surface area contributed by atoms with E-state index in [-0.39, 0.29) is 11.8 Å². The molecule has 0 saturated heterocycles. The first-order chi connectivity index (χ1) is 14.6. The average Bonchev–Trinajstić information content (AvgIpc) is 2.74. The molecule has 0 spiro atoms. The van der Waals surface area contributed by atoms with Crippen molar-refractivity contribution in [2.24, 2.45) is 0 Å². The predicted octanol–water partition coefficient (Wildman–Crippen LogP) is 4.74. The Morgan fingerprint density at radius 1 is 1.20 bits per heavy atom. The summed E-state index contributed by atoms with van der Waals surface area (Å²) < 4.78 is 11.6. The van der Waals surface area contributed by atoms with Crippen LogP contribution in [-0.2, 0) is 14.3 Å². The third kappa shape index (κ3) is 4.91. The second-order valence-corrected chi connectivity index (χ2v) is 8.88. The van der Waals surface area contributed by atoms with Gasteiger partial charge in [0, 0.05) is 34.7 Å². The van der Waals surface area contributed by atoms with Gasteiger partial charge in [-0.2, -0.15) is 11.8 Å². The number of Topliss-reactive ketones (excluding diaryl/α,β-unsaturated/α-hetero) is 1. The fourth-order valence-electron chi connectivity index (χ4n) is 4.04. The molecule has 6 heteroatoms. The van der Waals surface area contributed by atoms with Crippen molar-refractivity contribution in [3.8, 4) is 5.75 Å². The van der Waals surface area contributed by atoms with E-state index in [2.05, 4.69) is 19.2 Å². The number of dihydropyridines is 1. The molecule has 0 saturated carbocycles. The van der Waals surface area contributed by atoms with Crippen LogP contribution in [-0.4, -0.2) is 36.5 Å². The number of benzene rings is 1. The van der Waals surface area contributed by atoms with E-state index >= 15 is 0 Å². The van der Waals surface area contributed by atoms with E-state index in [9.17, 15) is 9.59 Å². The molecule has 1 unspecified atom stereocenters. The zero-order valence-corrected chi connectivity index (χ0v) is 18.9. The van der Waals surface area contributed by atoms with Crippen molar-refractivity contribution in [3.05, 3.63) is 52.4 Å². The highest BCUT2D eigenvalue weighted by molar-refractivity contribution is 7.99. The number of carbonyl (C=O) groups is 2. The summed E-state index contributed by atoms with van der Waals surface area (Å²) in [4.78, 5) is 26.2. The van der Waals surface area contributed by atoms with Crippen LogP contribution in [0.1, 0.15) is 57.9 Å². The number of hydrogen-bond donors (Lipinski definition) is 1. The largest absolute Gasteiger partial charge is 0.493 e. The van der Waals surface area contributed by atoms with Gasteiger partial charge in [0.15, 0.2) is 5.78 Å². The van der Waals surface area contributed by atoms with E-state index in [0.717, 1.165) is 53.5 Å². The second kappa shape index (κ2) is 10.7. The average molecular weight is 430 g/mol. The van der Waals surface area contributed by atoms with Crippen LogP contribution in [0, 0.1) is 0 Å². The highest BCUT2D eigenvalue weighted by atomic mass is 32.2. The predicted molar refractivity (Wildman–Crippen MR) is 121 cm³/mol. The number of rotatable bonds is 9. The molecule has 1 aliphatic heterocycles. The molecule has 0 amide bonds. The molecular formula is C24H31NO4S. The molecule has 30 heavy (non-hydrogen) atoms. The maximum absolute atomic E-state index is 13.2. The fraction of sp³-hybridized carbons (Fsp3) is 0.500. The molecule has 1 aromatic carbocycles. The molecule has 3 rings (SSSR count). The van der Waals surface area contributed by atoms with Gasteiger partial charge in [-0.05, 0) is 38.0 Å². The van der Waals surface area contributed by atoms with Crippen LogP contribution in [0.15, 0.2) is 46.8 Å². The number of para-hydroxylation sites is 1. The Hall–Kier alpha value is -2.21. The van der Waals surface area contributed by atoms with Gasteiger partial charge in [-0.1, -0.05) is 32.0 Å². The normalized spacial score (nSPS) is 18.8. The van der Waals surface area contributed by atoms with Crippen molar-refractivity contribution >= 4 is 23.5 Å². The summed E-state index contributed by atoms with van der Waals surface area (Å²) >= 11 is 1.73. The minimum Gasteiger partial charge on any atom is -0.493 e. The first-order valence-corrected chi connectivity index (χ1v) is 11.9. The lowest BCUT2D eigenvalue weighted by Crippen LogP contribution is -2.34. The number of thioether (sulfide) groups is 1. The molecule has 1 heterocycles. The topological polar surface area (TPSA) is 64.6 Å². The zero-order chi connectivity index (χ0) is 21.5. The van der Waals surface area contributed by atoms with Gasteiger partial charge in [0.05, 0.1) is 18.1 Å². The lowest BCUT2D eigenvalue weighted by molar-refractivity contribution is -0.138. The number of hydrogen-bond acceptors (Lipinski definition) is 6. The third-order valence-corrected chi connectivity index (χ3v) is 6.22. The van der Waals surface area contributed by atoms with Gasteiger partial charge >= 0.3 is 5.97 Å². The smallest absolute Gasteiger partial charge is 0.336 e. The number of carbonyl (C=O) groups excluding carboxylic acids is 2. The highest BCUT2D eigenvalue weighted by Gasteiger charge is 2.40. The van der Waals surface area contributed by atoms with Crippen LogP contribution in [0.2, 0.25) is 0 Å². The van der Waals surface area contributed by atoms with Crippen molar-refractivity contribution < 1.29 is 19.1 Å². The van der Waals surface area contributed by atoms with Gasteiger partial charge in [-0.15, -0.1) is 0 Å². The minimum absolute atomic E-state index is 0.0957. The highest BCUT2D eigenvalue weighted by Crippen LogP contribution is 2.45. The number of allylic oxidation sites excluding steroid dienone is 3. The van der Waals surface area contributed by atoms with Gasteiger partial charge in [-0.25, -0.2) is 4.79 Å². The zero-order valence-electron chi connectivity index (χ0n) is 18.1. The van der Waals surface area contributed by atoms with Gasteiger partial charge < -0.3 is 14.8 Å². The van der Waals surface area contributed by atoms with Crippen molar-refractivity contribution in [1.82, 2.24) is 5.32 Å². The molecule has 162 valence electrons. The Kier molecular flexibility index (Phi) is 8.02. The number of ether oxygens (including phenoxy) is 2. The van der Waals surface area contributed by atoms with Crippen LogP contribution in [0.3, 0.4) is 0 Å². The van der Waals surface area contributed by atoms with Crippen molar-refractivity contribution in [3.63, 3.8) is 0 Å². The summed E-state index contributed by atoms with van der Waals surface area (Å²) in [5.41, 5.74) is 3.74. The third-order valence-electron chi connectivity index (χ3n) is 5.35. The maximum atomic E-state index is 13.2. The molecule has 1 aromatic rings. The number of nitrogens with one attached hydrogen (secondary N) is 1. The van der Waals surface area contributed by atoms with Gasteiger partial charge in [0.25, 0.3) is 0 Å². The maximum Gasteiger partial charge on any atom is 0.336 e. The molecule has 1 aliphatic carbocycles. The lowest BCUT2D eigenvalue weighted by Gasteiger charge is -2.34. The van der Waals surface area contributed by atoms with Crippen LogP contribution in [0.25, 0.3) is 0 Å². The van der Waals surface area contributed by atoms with E-state index in [1.165, 1.54) is 0 Å². The Morgan fingerprint density at radius 2 is 2.00 bits per heavy atom. The van der Waals surface area contributed by atoms with E-state index in [4.69, 9.17) is 9.47 Å². The molecule has 1 N–H and O–H groups in total. The summed E-state index contributed by atoms with van der Waals surface area (Å²) in [6, 6.07) is 7.72. The Labute approximate surface area is 183 Å². The molecule has 0 aromatic heterocycles. The molecule has 2 aliphatic rings. The minimum atomic E-state index is -0.464. The summed E-state index contributed by atoms with van der Waals surface area (Å²) in [6.07, 6.45) is 3.02. The van der Waals surface area contributed by atoms with E-state index < -0.39 is 5.92 Å². The summed E-state index contributed by atoms with van der Waals surface area (Å²) in [6.45, 7) is 6.96. The Balaban J connectivity index is 2.03. The summed E-state index contributed by atoms with van der Waals surface area (Å²) in [5.74, 6) is 1.73. The number of ketones is 1. The molecule has 5 nitrogen and oxygen atoms in total. The monoisotopic (exact) mass is 429 g/mol. The van der Waals surface area contributed by atoms with Crippen LogP contribution in [0.4, 0.5) is 0 Å². The van der Waals surface area contributed by atoms with Crippen molar-refractivity contribution in [1.29, 1.82) is 0 Å². The van der Waals surface area contributed by atoms with E-state index in [0.29, 0.717) is 30.8 Å². The molecule has 0 bridgehead atoms. The van der Waals surface area contributed by atoms with E-state index in [1.807, 2.05) is 31.2 Å². The van der Waals surface area contributed by atoms with Crippen molar-refractivity contribution in [2.75, 3.05) is 24.7 Å². The number of esters is 1. The first-order valence-electron chi connectivity index (χ1n) is 10.8. The Morgan fingerprint density at radius 3 is 2.77 bits per heavy atom. The molecule has 0 radical (unpaired) electrons. The molecular weight excluding hydrogens is 398 g/mol. The first kappa shape index (κ1) is 22.5. The second-order valence-electron chi connectivity index (χ2n) is 7.48. The lowest BCUT2D eigenvalue weighted by atomic mass is 9.75. The molecule has 1 atom stereocenters. The van der Waals surface area contributed by atoms with Crippen LogP contribution in [0.5, 0.6) is 5.75 Å². The van der Waals surface area contributed by atoms with Crippen molar-refractivity contribution in [2.45, 2.75) is 52.4 Å². The molecule has 0 fully saturated rings. The fourth-order valence-corrected chi connectivity index (χ4v) is 4.53. The van der Waals surface area contributed by atoms with Crippen LogP contribution < -0.4 is 10.1 Å². The Bertz CT molecular complexity index is 859. The summed E-state index contributed by atoms with van der Waals surface area (Å²) in [7, 11) is 0. The van der Waals surface area contributed by atoms with Gasteiger partial charge in [0.2, 0.25) is 0 Å².